The van der Waals surface area contributed by atoms with Crippen LogP contribution in [-0.2, 0) is 28.6 Å². The molecule has 82 heavy (non-hydrogen) atoms. The lowest BCUT2D eigenvalue weighted by Crippen LogP contribution is -2.30. The number of unbranched alkanes of at least 4 members (excludes halogenated alkanes) is 10. The maximum atomic E-state index is 12.8. The number of rotatable bonds is 55. The minimum atomic E-state index is -0.837. The lowest BCUT2D eigenvalue weighted by molar-refractivity contribution is -0.167. The van der Waals surface area contributed by atoms with Gasteiger partial charge in [-0.25, -0.2) is 0 Å². The van der Waals surface area contributed by atoms with Crippen molar-refractivity contribution in [3.63, 3.8) is 0 Å². The van der Waals surface area contributed by atoms with Crippen LogP contribution in [0.3, 0.4) is 0 Å². The summed E-state index contributed by atoms with van der Waals surface area (Å²) >= 11 is 0. The Hall–Kier alpha value is -6.01. The van der Waals surface area contributed by atoms with E-state index in [0.29, 0.717) is 19.3 Å². The Morgan fingerprint density at radius 2 is 0.488 bits per heavy atom. The molecule has 0 aromatic carbocycles. The van der Waals surface area contributed by atoms with Gasteiger partial charge in [-0.2, -0.15) is 0 Å². The fourth-order valence-corrected chi connectivity index (χ4v) is 7.81. The number of allylic oxidation sites excluding steroid dienone is 34. The molecule has 0 rings (SSSR count). The lowest BCUT2D eigenvalue weighted by atomic mass is 10.1. The molecule has 0 radical (unpaired) electrons. The van der Waals surface area contributed by atoms with E-state index < -0.39 is 6.10 Å². The average molecular weight is 1120 g/mol. The van der Waals surface area contributed by atoms with Crippen LogP contribution >= 0.6 is 0 Å². The van der Waals surface area contributed by atoms with Crippen molar-refractivity contribution in [1.29, 1.82) is 0 Å². The van der Waals surface area contributed by atoms with E-state index in [1.165, 1.54) is 32.1 Å². The SMILES string of the molecule is CC/C=C\C/C=C\C/C=C\C/C=C\C/C=C\C/C=C\C/C=C\C/C=C\C/C=C\C/C=C\CCCCC(=O)OCC(COC(=O)CCCCCCCCCC)OC(=O)CCC/C=C\C/C=C\C/C=C\C/C=C\C/C=C\C/C=C\C/C=C\CC. The van der Waals surface area contributed by atoms with Crippen LogP contribution in [0.2, 0.25) is 0 Å². The molecule has 0 fully saturated rings. The van der Waals surface area contributed by atoms with Crippen molar-refractivity contribution in [2.75, 3.05) is 13.2 Å². The summed E-state index contributed by atoms with van der Waals surface area (Å²) in [6, 6.07) is 0. The summed E-state index contributed by atoms with van der Waals surface area (Å²) in [6.07, 6.45) is 104. The van der Waals surface area contributed by atoms with E-state index in [2.05, 4.69) is 227 Å². The van der Waals surface area contributed by atoms with E-state index in [0.717, 1.165) is 148 Å². The Balaban J connectivity index is 4.41. The standard InChI is InChI=1S/C76H114O6/c1-4-7-10-13-16-19-21-23-25-27-29-31-33-34-35-36-37-38-39-40-41-42-44-45-47-49-51-53-55-57-60-63-66-69-75(78)81-72-73(71-80-74(77)68-65-62-59-18-15-12-9-6-3)82-76(79)70-67-64-61-58-56-54-52-50-48-46-43-32-30-28-26-24-22-20-17-14-11-8-5-2/h7-8,10-11,16-17,19-20,23-26,29-32,34-35,37-38,40-41,44-46,48-49,51-52,54-55,57-58,61,73H,4-6,9,12-15,18,21-22,27-28,33,36,39,42-43,47,50,53,56,59-60,62-72H2,1-3H3/b10-7-,11-8-,19-16-,20-17-,25-23-,26-24-,31-29-,32-30-,35-34-,38-37-,41-40-,45-44-,48-46-,51-49-,54-52-,57-55-,61-58-. The van der Waals surface area contributed by atoms with Crippen molar-refractivity contribution in [3.8, 4) is 0 Å². The molecule has 6 heteroatoms. The van der Waals surface area contributed by atoms with Gasteiger partial charge in [0.1, 0.15) is 13.2 Å². The molecular formula is C76H114O6. The summed E-state index contributed by atoms with van der Waals surface area (Å²) in [7, 11) is 0. The summed E-state index contributed by atoms with van der Waals surface area (Å²) in [6.45, 7) is 6.27. The number of hydrogen-bond acceptors (Lipinski definition) is 6. The third-order valence-electron chi connectivity index (χ3n) is 12.5. The molecule has 0 heterocycles. The van der Waals surface area contributed by atoms with Crippen molar-refractivity contribution in [2.24, 2.45) is 0 Å². The molecular weight excluding hydrogens is 1010 g/mol. The molecule has 0 bridgehead atoms. The van der Waals surface area contributed by atoms with Gasteiger partial charge in [0.25, 0.3) is 0 Å². The summed E-state index contributed by atoms with van der Waals surface area (Å²) in [5, 5.41) is 0. The van der Waals surface area contributed by atoms with Gasteiger partial charge in [-0.05, 0) is 148 Å². The third-order valence-corrected chi connectivity index (χ3v) is 12.5. The van der Waals surface area contributed by atoms with Crippen LogP contribution in [-0.4, -0.2) is 37.2 Å². The maximum Gasteiger partial charge on any atom is 0.306 e. The molecule has 0 aromatic heterocycles. The van der Waals surface area contributed by atoms with Crippen molar-refractivity contribution in [3.05, 3.63) is 207 Å². The Labute approximate surface area is 502 Å². The molecule has 0 amide bonds. The van der Waals surface area contributed by atoms with Gasteiger partial charge < -0.3 is 14.2 Å². The van der Waals surface area contributed by atoms with E-state index in [1.807, 2.05) is 0 Å². The summed E-state index contributed by atoms with van der Waals surface area (Å²) in [4.78, 5) is 38.1. The van der Waals surface area contributed by atoms with Crippen molar-refractivity contribution < 1.29 is 28.6 Å². The first-order valence-electron chi connectivity index (χ1n) is 32.1. The molecule has 0 aliphatic rings. The second-order valence-corrected chi connectivity index (χ2v) is 20.2. The summed E-state index contributed by atoms with van der Waals surface area (Å²) < 4.78 is 16.7. The summed E-state index contributed by atoms with van der Waals surface area (Å²) in [5.74, 6) is -1.05. The van der Waals surface area contributed by atoms with Crippen LogP contribution < -0.4 is 0 Å². The zero-order valence-corrected chi connectivity index (χ0v) is 51.9. The largest absolute Gasteiger partial charge is 0.462 e. The Morgan fingerprint density at radius 3 is 0.780 bits per heavy atom. The highest BCUT2D eigenvalue weighted by atomic mass is 16.6. The number of ether oxygens (including phenoxy) is 3. The molecule has 0 saturated carbocycles. The number of esters is 3. The highest BCUT2D eigenvalue weighted by molar-refractivity contribution is 5.71. The van der Waals surface area contributed by atoms with Gasteiger partial charge in [0.2, 0.25) is 0 Å². The third kappa shape index (κ3) is 64.8. The van der Waals surface area contributed by atoms with Gasteiger partial charge in [-0.3, -0.25) is 14.4 Å². The predicted molar refractivity (Wildman–Crippen MR) is 357 cm³/mol. The van der Waals surface area contributed by atoms with E-state index in [1.54, 1.807) is 0 Å². The van der Waals surface area contributed by atoms with Gasteiger partial charge in [0.15, 0.2) is 6.10 Å². The fraction of sp³-hybridized carbons (Fsp3) is 0.513. The smallest absolute Gasteiger partial charge is 0.306 e. The Bertz CT molecular complexity index is 2020. The van der Waals surface area contributed by atoms with E-state index in [9.17, 15) is 14.4 Å². The average Bonchev–Trinajstić information content (AvgIpc) is 3.47. The molecule has 0 aromatic rings. The molecule has 1 atom stereocenters. The molecule has 6 nitrogen and oxygen atoms in total. The van der Waals surface area contributed by atoms with Gasteiger partial charge in [0.05, 0.1) is 0 Å². The first kappa shape index (κ1) is 76.0. The molecule has 0 N–H and O–H groups in total. The van der Waals surface area contributed by atoms with E-state index in [4.69, 9.17) is 14.2 Å². The topological polar surface area (TPSA) is 78.9 Å². The quantitative estimate of drug-likeness (QED) is 0.0261. The zero-order valence-electron chi connectivity index (χ0n) is 51.9. The minimum Gasteiger partial charge on any atom is -0.462 e. The molecule has 1 unspecified atom stereocenters. The number of carbonyl (C=O) groups excluding carboxylic acids is 3. The van der Waals surface area contributed by atoms with Gasteiger partial charge in [0, 0.05) is 19.3 Å². The number of hydrogen-bond donors (Lipinski definition) is 0. The lowest BCUT2D eigenvalue weighted by Gasteiger charge is -2.18. The Kier molecular flexibility index (Phi) is 62.5. The second-order valence-electron chi connectivity index (χ2n) is 20.2. The monoisotopic (exact) mass is 1120 g/mol. The maximum absolute atomic E-state index is 12.8. The molecule has 454 valence electrons. The fourth-order valence-electron chi connectivity index (χ4n) is 7.81. The zero-order chi connectivity index (χ0) is 59.2. The minimum absolute atomic E-state index is 0.125. The van der Waals surface area contributed by atoms with E-state index in [-0.39, 0.29) is 44.0 Å². The molecule has 0 aliphatic heterocycles. The Morgan fingerprint density at radius 1 is 0.256 bits per heavy atom. The predicted octanol–water partition coefficient (Wildman–Crippen LogP) is 22.4. The van der Waals surface area contributed by atoms with Crippen LogP contribution in [0.4, 0.5) is 0 Å². The molecule has 0 aliphatic carbocycles. The van der Waals surface area contributed by atoms with Gasteiger partial charge >= 0.3 is 17.9 Å². The van der Waals surface area contributed by atoms with E-state index >= 15 is 0 Å². The van der Waals surface area contributed by atoms with Crippen LogP contribution in [0.15, 0.2) is 207 Å². The van der Waals surface area contributed by atoms with Crippen LogP contribution in [0, 0.1) is 0 Å². The first-order valence-corrected chi connectivity index (χ1v) is 32.1. The highest BCUT2D eigenvalue weighted by Crippen LogP contribution is 2.12. The number of carbonyl (C=O) groups is 3. The van der Waals surface area contributed by atoms with Gasteiger partial charge in [-0.1, -0.05) is 272 Å². The van der Waals surface area contributed by atoms with Crippen molar-refractivity contribution >= 4 is 17.9 Å². The highest BCUT2D eigenvalue weighted by Gasteiger charge is 2.19. The van der Waals surface area contributed by atoms with Crippen LogP contribution in [0.25, 0.3) is 0 Å². The molecule has 0 saturated heterocycles. The van der Waals surface area contributed by atoms with Crippen molar-refractivity contribution in [2.45, 2.75) is 239 Å². The van der Waals surface area contributed by atoms with Crippen molar-refractivity contribution in [1.82, 2.24) is 0 Å². The summed E-state index contributed by atoms with van der Waals surface area (Å²) in [5.41, 5.74) is 0. The molecule has 0 spiro atoms. The normalized spacial score (nSPS) is 13.5. The second kappa shape index (κ2) is 67.5. The first-order chi connectivity index (χ1) is 40.5. The van der Waals surface area contributed by atoms with Crippen LogP contribution in [0.5, 0.6) is 0 Å². The van der Waals surface area contributed by atoms with Gasteiger partial charge in [-0.15, -0.1) is 0 Å². The van der Waals surface area contributed by atoms with Crippen LogP contribution in [0.1, 0.15) is 233 Å².